The molecular formula is C48H56Cl2O13S2. The maximum Gasteiger partial charge on any atom is 0.303 e. The van der Waals surface area contributed by atoms with Crippen LogP contribution in [0.3, 0.4) is 0 Å². The molecule has 2 aliphatic heterocycles. The summed E-state index contributed by atoms with van der Waals surface area (Å²) in [5.41, 5.74) is 3.91. The molecular weight excluding hydrogens is 920 g/mol. The van der Waals surface area contributed by atoms with Gasteiger partial charge in [0.15, 0.2) is 18.3 Å². The van der Waals surface area contributed by atoms with Crippen LogP contribution in [0.15, 0.2) is 84.9 Å². The molecule has 0 unspecified atom stereocenters. The Morgan fingerprint density at radius 3 is 1.40 bits per heavy atom. The fourth-order valence-corrected chi connectivity index (χ4v) is 9.29. The molecule has 2 fully saturated rings. The van der Waals surface area contributed by atoms with Gasteiger partial charge in [-0.15, -0.1) is 23.5 Å². The number of carbonyl (C=O) groups excluding carboxylic acids is 3. The quantitative estimate of drug-likeness (QED) is 0.0770. The summed E-state index contributed by atoms with van der Waals surface area (Å²) in [6.45, 7) is 8.82. The van der Waals surface area contributed by atoms with Gasteiger partial charge < -0.3 is 48.5 Å². The van der Waals surface area contributed by atoms with Gasteiger partial charge in [-0.1, -0.05) is 71.7 Å². The first-order valence-electron chi connectivity index (χ1n) is 21.0. The summed E-state index contributed by atoms with van der Waals surface area (Å²) in [7, 11) is 0. The van der Waals surface area contributed by atoms with Gasteiger partial charge in [-0.3, -0.25) is 14.4 Å². The SMILES string of the molecule is CCOc1ccc(Cc2cc([C@@H]3O[C@H](SC)[C@@H](O)[C@H](O)[C@H]3O)ccc2Cl)cc1.CCOc1ccc(Cc2cc([C@@H]3O[C@H](SC)[C@@H](OC(C)=O)[C@H](OC(C)=O)[C@H]3OC(C)=O)ccc2Cl)cc1. The Morgan fingerprint density at radius 2 is 0.969 bits per heavy atom. The van der Waals surface area contributed by atoms with Crippen LogP contribution >= 0.6 is 46.7 Å². The topological polar surface area (TPSA) is 177 Å². The summed E-state index contributed by atoms with van der Waals surface area (Å²) in [5.74, 6) is -0.169. The maximum absolute atomic E-state index is 12.1. The van der Waals surface area contributed by atoms with Crippen LogP contribution in [0.5, 0.6) is 11.5 Å². The number of rotatable bonds is 15. The van der Waals surface area contributed by atoms with Crippen molar-refractivity contribution in [1.82, 2.24) is 0 Å². The van der Waals surface area contributed by atoms with Crippen molar-refractivity contribution in [3.63, 3.8) is 0 Å². The molecule has 10 atom stereocenters. The Kier molecular flexibility index (Phi) is 19.7. The molecule has 13 nitrogen and oxygen atoms in total. The largest absolute Gasteiger partial charge is 0.494 e. The molecule has 2 saturated heterocycles. The van der Waals surface area contributed by atoms with Crippen LogP contribution < -0.4 is 9.47 Å². The van der Waals surface area contributed by atoms with Gasteiger partial charge in [0.1, 0.15) is 52.9 Å². The molecule has 0 bridgehead atoms. The van der Waals surface area contributed by atoms with E-state index in [4.69, 9.17) is 56.4 Å². The lowest BCUT2D eigenvalue weighted by atomic mass is 9.92. The number of carbonyl (C=O) groups is 3. The molecule has 4 aromatic carbocycles. The minimum atomic E-state index is -1.28. The van der Waals surface area contributed by atoms with Crippen molar-refractivity contribution in [1.29, 1.82) is 0 Å². The predicted molar refractivity (Wildman–Crippen MR) is 251 cm³/mol. The molecule has 2 aliphatic rings. The van der Waals surface area contributed by atoms with E-state index >= 15 is 0 Å². The molecule has 3 N–H and O–H groups in total. The van der Waals surface area contributed by atoms with Gasteiger partial charge in [0.05, 0.1) is 13.2 Å². The smallest absolute Gasteiger partial charge is 0.303 e. The van der Waals surface area contributed by atoms with Crippen molar-refractivity contribution in [2.24, 2.45) is 0 Å². The summed E-state index contributed by atoms with van der Waals surface area (Å²) in [4.78, 5) is 35.9. The van der Waals surface area contributed by atoms with Crippen LogP contribution in [0.4, 0.5) is 0 Å². The Balaban J connectivity index is 0.000000253. The summed E-state index contributed by atoms with van der Waals surface area (Å²) >= 11 is 15.5. The van der Waals surface area contributed by atoms with E-state index in [0.717, 1.165) is 33.8 Å². The maximum atomic E-state index is 12.1. The Bertz CT molecular complexity index is 2190. The van der Waals surface area contributed by atoms with Gasteiger partial charge in [-0.2, -0.15) is 0 Å². The highest BCUT2D eigenvalue weighted by Crippen LogP contribution is 2.42. The zero-order valence-corrected chi connectivity index (χ0v) is 40.3. The lowest BCUT2D eigenvalue weighted by molar-refractivity contribution is -0.233. The normalized spacial score (nSPS) is 25.0. The van der Waals surface area contributed by atoms with Crippen LogP contribution in [0.1, 0.15) is 80.2 Å². The van der Waals surface area contributed by atoms with E-state index in [1.54, 1.807) is 36.8 Å². The van der Waals surface area contributed by atoms with E-state index < -0.39 is 77.6 Å². The number of aliphatic hydroxyl groups excluding tert-OH is 3. The van der Waals surface area contributed by atoms with Crippen LogP contribution in [0, 0.1) is 0 Å². The van der Waals surface area contributed by atoms with Crippen molar-refractivity contribution in [2.45, 2.75) is 107 Å². The van der Waals surface area contributed by atoms with E-state index in [1.807, 2.05) is 74.5 Å². The summed E-state index contributed by atoms with van der Waals surface area (Å²) < 4.78 is 39.8. The number of benzene rings is 4. The van der Waals surface area contributed by atoms with Crippen LogP contribution in [0.2, 0.25) is 10.0 Å². The molecule has 0 spiro atoms. The zero-order valence-electron chi connectivity index (χ0n) is 37.2. The molecule has 6 rings (SSSR count). The highest BCUT2D eigenvalue weighted by atomic mass is 35.5. The molecule has 4 aromatic rings. The number of thioether (sulfide) groups is 2. The summed E-state index contributed by atoms with van der Waals surface area (Å²) in [6.07, 6.45) is -3.59. The van der Waals surface area contributed by atoms with Crippen molar-refractivity contribution >= 4 is 64.6 Å². The highest BCUT2D eigenvalue weighted by molar-refractivity contribution is 7.99. The van der Waals surface area contributed by atoms with Gasteiger partial charge in [0.25, 0.3) is 0 Å². The van der Waals surface area contributed by atoms with Crippen molar-refractivity contribution in [3.8, 4) is 11.5 Å². The van der Waals surface area contributed by atoms with Crippen molar-refractivity contribution < 1.29 is 62.9 Å². The molecule has 0 saturated carbocycles. The first-order valence-corrected chi connectivity index (χ1v) is 24.3. The van der Waals surface area contributed by atoms with E-state index in [0.29, 0.717) is 47.2 Å². The number of aliphatic hydroxyl groups is 3. The predicted octanol–water partition coefficient (Wildman–Crippen LogP) is 8.06. The average Bonchev–Trinajstić information content (AvgIpc) is 3.27. The fourth-order valence-electron chi connectivity index (χ4n) is 7.54. The molecule has 0 amide bonds. The highest BCUT2D eigenvalue weighted by Gasteiger charge is 2.52. The van der Waals surface area contributed by atoms with E-state index in [-0.39, 0.29) is 0 Å². The standard InChI is InChI=1S/C27H31ClO8S.C21H25ClO5S/c1-6-32-21-10-7-18(8-11-21)13-20-14-19(9-12-22(20)28)23-24(33-15(2)29)25(34-16(3)30)26(35-17(4)31)27(36-23)37-5;1-3-26-15-7-4-12(5-8-15)10-14-11-13(6-9-16(14)22)20-18(24)17(23)19(25)21(27-20)28-2/h7-12,14,23-27H,6,13H2,1-5H3;4-9,11,17-21,23-25H,3,10H2,1-2H3/t23-,24-,25+,26-,27+;17-,18-,19+,20+,21-/m01/s1. The molecule has 17 heteroatoms. The minimum Gasteiger partial charge on any atom is -0.494 e. The second-order valence-corrected chi connectivity index (χ2v) is 17.9. The van der Waals surface area contributed by atoms with E-state index in [9.17, 15) is 29.7 Å². The van der Waals surface area contributed by atoms with E-state index in [2.05, 4.69) is 0 Å². The molecule has 65 heavy (non-hydrogen) atoms. The third kappa shape index (κ3) is 14.0. The number of esters is 3. The van der Waals surface area contributed by atoms with E-state index in [1.165, 1.54) is 44.3 Å². The third-order valence-corrected chi connectivity index (χ3v) is 12.9. The third-order valence-electron chi connectivity index (χ3n) is 10.5. The first kappa shape index (κ1) is 51.9. The van der Waals surface area contributed by atoms with Gasteiger partial charge in [-0.05, 0) is 109 Å². The number of ether oxygens (including phenoxy) is 7. The summed E-state index contributed by atoms with van der Waals surface area (Å²) in [5, 5.41) is 31.8. The van der Waals surface area contributed by atoms with Crippen LogP contribution in [-0.4, -0.2) is 106 Å². The van der Waals surface area contributed by atoms with Gasteiger partial charge in [0, 0.05) is 30.8 Å². The van der Waals surface area contributed by atoms with Gasteiger partial charge in [-0.25, -0.2) is 0 Å². The minimum absolute atomic E-state index is 0.541. The average molecular weight is 976 g/mol. The Hall–Kier alpha value is -4.03. The molecule has 0 radical (unpaired) electrons. The second-order valence-electron chi connectivity index (χ2n) is 15.2. The van der Waals surface area contributed by atoms with Crippen LogP contribution in [0.25, 0.3) is 0 Å². The molecule has 352 valence electrons. The number of hydrogen-bond acceptors (Lipinski definition) is 15. The monoisotopic (exact) mass is 974 g/mol. The fraction of sp³-hybridized carbons (Fsp3) is 0.438. The van der Waals surface area contributed by atoms with Gasteiger partial charge in [0.2, 0.25) is 0 Å². The number of hydrogen-bond donors (Lipinski definition) is 3. The summed E-state index contributed by atoms with van der Waals surface area (Å²) in [6, 6.07) is 26.4. The lowest BCUT2D eigenvalue weighted by Crippen LogP contribution is -2.57. The lowest BCUT2D eigenvalue weighted by Gasteiger charge is -2.44. The second kappa shape index (κ2) is 24.7. The van der Waals surface area contributed by atoms with Crippen LogP contribution in [-0.2, 0) is 50.9 Å². The zero-order chi connectivity index (χ0) is 47.4. The first-order chi connectivity index (χ1) is 31.1. The van der Waals surface area contributed by atoms with Crippen molar-refractivity contribution in [3.05, 3.63) is 128 Å². The molecule has 0 aromatic heterocycles. The Labute approximate surface area is 398 Å². The molecule has 0 aliphatic carbocycles. The number of halogens is 2. The Morgan fingerprint density at radius 1 is 0.554 bits per heavy atom. The van der Waals surface area contributed by atoms with Crippen molar-refractivity contribution in [2.75, 3.05) is 25.7 Å². The molecule has 2 heterocycles. The van der Waals surface area contributed by atoms with Gasteiger partial charge >= 0.3 is 17.9 Å².